The van der Waals surface area contributed by atoms with E-state index in [1.54, 1.807) is 42.6 Å². The Morgan fingerprint density at radius 1 is 0.667 bits per heavy atom. The zero-order valence-electron chi connectivity index (χ0n) is 16.9. The number of ether oxygens (including phenoxy) is 6. The van der Waals surface area contributed by atoms with Gasteiger partial charge in [0.25, 0.3) is 0 Å². The number of carbonyl (C=O) groups excluding carboxylic acids is 1. The minimum Gasteiger partial charge on any atom is -0.487 e. The van der Waals surface area contributed by atoms with E-state index in [-0.39, 0.29) is 5.78 Å². The summed E-state index contributed by atoms with van der Waals surface area (Å²) in [6.45, 7) is 4.44. The van der Waals surface area contributed by atoms with Crippen molar-refractivity contribution in [2.45, 2.75) is 0 Å². The molecular weight excluding hydrogens is 390 g/mol. The van der Waals surface area contributed by atoms with Crippen molar-refractivity contribution >= 4 is 5.78 Å². The van der Waals surface area contributed by atoms with Gasteiger partial charge in [-0.3, -0.25) is 9.78 Å². The molecule has 0 spiro atoms. The Morgan fingerprint density at radius 3 is 1.80 bits per heavy atom. The Labute approximate surface area is 176 Å². The molecule has 2 aromatic rings. The predicted octanol–water partition coefficient (Wildman–Crippen LogP) is 2.15. The highest BCUT2D eigenvalue weighted by molar-refractivity contribution is 6.08. The molecule has 0 aliphatic carbocycles. The van der Waals surface area contributed by atoms with E-state index >= 15 is 0 Å². The Kier molecular flexibility index (Phi) is 9.55. The van der Waals surface area contributed by atoms with Crippen LogP contribution in [-0.4, -0.2) is 76.8 Å². The molecule has 3 rings (SSSR count). The molecule has 1 aromatic heterocycles. The molecule has 1 aliphatic rings. The minimum absolute atomic E-state index is 0.182. The van der Waals surface area contributed by atoms with Crippen LogP contribution in [0.1, 0.15) is 16.1 Å². The number of ketones is 1. The first kappa shape index (κ1) is 22.2. The maximum Gasteiger partial charge on any atom is 0.211 e. The second kappa shape index (κ2) is 12.9. The summed E-state index contributed by atoms with van der Waals surface area (Å²) in [6.07, 6.45) is 1.59. The quantitative estimate of drug-likeness (QED) is 0.688. The fourth-order valence-corrected chi connectivity index (χ4v) is 2.71. The number of pyridine rings is 1. The molecule has 162 valence electrons. The first-order chi connectivity index (χ1) is 14.8. The molecule has 8 heteroatoms. The first-order valence-electron chi connectivity index (χ1n) is 10.0. The van der Waals surface area contributed by atoms with Crippen molar-refractivity contribution in [1.82, 2.24) is 4.98 Å². The number of fused-ring (bicyclic) bond motifs is 1. The molecular formula is C22H27NO7. The highest BCUT2D eigenvalue weighted by atomic mass is 16.6. The average molecular weight is 417 g/mol. The Morgan fingerprint density at radius 2 is 1.23 bits per heavy atom. The lowest BCUT2D eigenvalue weighted by atomic mass is 10.1. The van der Waals surface area contributed by atoms with Crippen LogP contribution in [0.2, 0.25) is 0 Å². The van der Waals surface area contributed by atoms with Gasteiger partial charge in [0, 0.05) is 11.8 Å². The van der Waals surface area contributed by atoms with E-state index in [2.05, 4.69) is 4.98 Å². The summed E-state index contributed by atoms with van der Waals surface area (Å²) in [5, 5.41) is 0. The van der Waals surface area contributed by atoms with Crippen molar-refractivity contribution in [1.29, 1.82) is 0 Å². The summed E-state index contributed by atoms with van der Waals surface area (Å²) < 4.78 is 33.5. The Bertz CT molecular complexity index is 769. The van der Waals surface area contributed by atoms with Crippen LogP contribution in [-0.2, 0) is 18.9 Å². The van der Waals surface area contributed by atoms with E-state index in [0.29, 0.717) is 88.8 Å². The smallest absolute Gasteiger partial charge is 0.211 e. The largest absolute Gasteiger partial charge is 0.487 e. The normalized spacial score (nSPS) is 17.5. The number of hydrogen-bond acceptors (Lipinski definition) is 8. The van der Waals surface area contributed by atoms with E-state index < -0.39 is 0 Å². The van der Waals surface area contributed by atoms with E-state index in [1.165, 1.54) is 0 Å². The predicted molar refractivity (Wildman–Crippen MR) is 108 cm³/mol. The Hall–Kier alpha value is -2.52. The van der Waals surface area contributed by atoms with Crippen molar-refractivity contribution in [2.24, 2.45) is 0 Å². The molecule has 0 saturated heterocycles. The molecule has 0 N–H and O–H groups in total. The van der Waals surface area contributed by atoms with E-state index in [0.717, 1.165) is 0 Å². The summed E-state index contributed by atoms with van der Waals surface area (Å²) in [4.78, 5) is 16.8. The lowest BCUT2D eigenvalue weighted by Gasteiger charge is -2.15. The van der Waals surface area contributed by atoms with Gasteiger partial charge >= 0.3 is 0 Å². The molecule has 0 saturated carbocycles. The van der Waals surface area contributed by atoms with Crippen molar-refractivity contribution in [3.63, 3.8) is 0 Å². The number of nitrogens with zero attached hydrogens (tertiary/aromatic N) is 1. The van der Waals surface area contributed by atoms with Crippen LogP contribution in [0.4, 0.5) is 0 Å². The second-order valence-corrected chi connectivity index (χ2v) is 6.35. The highest BCUT2D eigenvalue weighted by Crippen LogP contribution is 2.29. The molecule has 30 heavy (non-hydrogen) atoms. The Balaban J connectivity index is 1.66. The minimum atomic E-state index is -0.182. The summed E-state index contributed by atoms with van der Waals surface area (Å²) in [5.41, 5.74) is 0.846. The third-order valence-corrected chi connectivity index (χ3v) is 4.19. The summed E-state index contributed by atoms with van der Waals surface area (Å²) in [5.74, 6) is 0.830. The zero-order chi connectivity index (χ0) is 20.9. The van der Waals surface area contributed by atoms with Crippen LogP contribution in [0.3, 0.4) is 0 Å². The van der Waals surface area contributed by atoms with Crippen LogP contribution in [0.15, 0.2) is 42.6 Å². The van der Waals surface area contributed by atoms with Crippen molar-refractivity contribution in [3.8, 4) is 11.5 Å². The van der Waals surface area contributed by atoms with Crippen molar-refractivity contribution < 1.29 is 33.2 Å². The monoisotopic (exact) mass is 417 g/mol. The zero-order valence-corrected chi connectivity index (χ0v) is 16.9. The van der Waals surface area contributed by atoms with Gasteiger partial charge in [-0.05, 0) is 30.3 Å². The molecule has 0 bridgehead atoms. The highest BCUT2D eigenvalue weighted by Gasteiger charge is 2.14. The fourth-order valence-electron chi connectivity index (χ4n) is 2.71. The average Bonchev–Trinajstić information content (AvgIpc) is 2.79. The maximum absolute atomic E-state index is 12.7. The lowest BCUT2D eigenvalue weighted by molar-refractivity contribution is -0.00841. The van der Waals surface area contributed by atoms with E-state index in [1.807, 2.05) is 0 Å². The molecule has 8 nitrogen and oxygen atoms in total. The third kappa shape index (κ3) is 7.38. The fraction of sp³-hybridized carbons (Fsp3) is 0.455. The van der Waals surface area contributed by atoms with Crippen molar-refractivity contribution in [2.75, 3.05) is 66.1 Å². The van der Waals surface area contributed by atoms with E-state index in [4.69, 9.17) is 28.4 Å². The van der Waals surface area contributed by atoms with Gasteiger partial charge in [-0.1, -0.05) is 6.07 Å². The summed E-state index contributed by atoms with van der Waals surface area (Å²) >= 11 is 0. The molecule has 2 heterocycles. The molecule has 0 radical (unpaired) electrons. The van der Waals surface area contributed by atoms with Crippen LogP contribution in [0.25, 0.3) is 0 Å². The lowest BCUT2D eigenvalue weighted by Crippen LogP contribution is -2.16. The molecule has 1 aromatic carbocycles. The molecule has 0 unspecified atom stereocenters. The third-order valence-electron chi connectivity index (χ3n) is 4.19. The summed E-state index contributed by atoms with van der Waals surface area (Å²) in [7, 11) is 0. The van der Waals surface area contributed by atoms with Crippen LogP contribution in [0.5, 0.6) is 11.5 Å². The van der Waals surface area contributed by atoms with Crippen molar-refractivity contribution in [3.05, 3.63) is 53.9 Å². The number of benzene rings is 1. The maximum atomic E-state index is 12.7. The number of rotatable bonds is 2. The van der Waals surface area contributed by atoms with Gasteiger partial charge in [-0.25, -0.2) is 0 Å². The molecule has 0 fully saturated rings. The second-order valence-electron chi connectivity index (χ2n) is 6.35. The van der Waals surface area contributed by atoms with Gasteiger partial charge in [0.2, 0.25) is 5.78 Å². The van der Waals surface area contributed by atoms with Crippen LogP contribution >= 0.6 is 0 Å². The topological polar surface area (TPSA) is 85.3 Å². The molecule has 0 atom stereocenters. The first-order valence-corrected chi connectivity index (χ1v) is 10.0. The van der Waals surface area contributed by atoms with Gasteiger partial charge in [-0.2, -0.15) is 0 Å². The van der Waals surface area contributed by atoms with Gasteiger partial charge in [-0.15, -0.1) is 0 Å². The van der Waals surface area contributed by atoms with Crippen LogP contribution < -0.4 is 9.47 Å². The number of carbonyl (C=O) groups is 1. The standard InChI is InChI=1S/C22H27NO7/c24-22(19-3-1-2-6-23-19)18-4-5-20-21(17-18)30-16-14-28-12-10-26-8-7-25-9-11-27-13-15-29-20/h1-6,17H,7-16H2. The SMILES string of the molecule is O=C(c1ccc2c(c1)OCCOCCOCCOCCOCCO2)c1ccccn1. The molecule has 1 aliphatic heterocycles. The number of aromatic nitrogens is 1. The number of hydrogen-bond donors (Lipinski definition) is 0. The molecule has 0 amide bonds. The van der Waals surface area contributed by atoms with Gasteiger partial charge in [0.05, 0.1) is 52.9 Å². The van der Waals surface area contributed by atoms with Gasteiger partial charge in [0.15, 0.2) is 11.5 Å². The van der Waals surface area contributed by atoms with E-state index in [9.17, 15) is 4.79 Å². The van der Waals surface area contributed by atoms with Crippen LogP contribution in [0, 0.1) is 0 Å². The van der Waals surface area contributed by atoms with Gasteiger partial charge in [0.1, 0.15) is 18.9 Å². The van der Waals surface area contributed by atoms with Gasteiger partial charge < -0.3 is 28.4 Å². The summed E-state index contributed by atoms with van der Waals surface area (Å²) in [6, 6.07) is 10.3.